The predicted molar refractivity (Wildman–Crippen MR) is 97.9 cm³/mol. The number of sulfonamides is 1. The van der Waals surface area contributed by atoms with Gasteiger partial charge in [0.05, 0.1) is 17.5 Å². The van der Waals surface area contributed by atoms with Crippen LogP contribution in [0.1, 0.15) is 18.9 Å². The molecule has 0 heterocycles. The Balaban J connectivity index is 2.39. The third-order valence-corrected chi connectivity index (χ3v) is 5.04. The molecule has 28 heavy (non-hydrogen) atoms. The molecular weight excluding hydrogens is 400 g/mol. The summed E-state index contributed by atoms with van der Waals surface area (Å²) < 4.78 is 77.8. The fourth-order valence-electron chi connectivity index (χ4n) is 2.66. The van der Waals surface area contributed by atoms with Crippen LogP contribution in [0.5, 0.6) is 0 Å². The Morgan fingerprint density at radius 2 is 1.79 bits per heavy atom. The molecule has 10 heteroatoms. The SMILES string of the molecule is CC[C@@H](C(=O)Nc1cccc(C(F)(F)F)c1)N(c1ccccc1F)S(C)(=O)=O. The monoisotopic (exact) mass is 418 g/mol. The highest BCUT2D eigenvalue weighted by Crippen LogP contribution is 2.31. The number of alkyl halides is 3. The van der Waals surface area contributed by atoms with Gasteiger partial charge in [0.2, 0.25) is 15.9 Å². The first-order valence-electron chi connectivity index (χ1n) is 8.17. The quantitative estimate of drug-likeness (QED) is 0.721. The van der Waals surface area contributed by atoms with Crippen molar-refractivity contribution in [3.63, 3.8) is 0 Å². The molecule has 1 N–H and O–H groups in total. The molecule has 0 unspecified atom stereocenters. The highest BCUT2D eigenvalue weighted by atomic mass is 32.2. The maximum Gasteiger partial charge on any atom is 0.416 e. The number of halogens is 4. The number of amides is 1. The lowest BCUT2D eigenvalue weighted by atomic mass is 10.1. The lowest BCUT2D eigenvalue weighted by Gasteiger charge is -2.30. The molecular formula is C18H18F4N2O3S. The second-order valence-electron chi connectivity index (χ2n) is 6.00. The number of nitrogens with one attached hydrogen (secondary N) is 1. The van der Waals surface area contributed by atoms with E-state index in [-0.39, 0.29) is 17.8 Å². The van der Waals surface area contributed by atoms with Crippen molar-refractivity contribution in [3.05, 3.63) is 59.9 Å². The second kappa shape index (κ2) is 8.17. The van der Waals surface area contributed by atoms with Gasteiger partial charge >= 0.3 is 6.18 Å². The molecule has 2 aromatic rings. The topological polar surface area (TPSA) is 66.5 Å². The minimum Gasteiger partial charge on any atom is -0.324 e. The zero-order valence-corrected chi connectivity index (χ0v) is 15.8. The molecule has 2 aromatic carbocycles. The zero-order valence-electron chi connectivity index (χ0n) is 15.0. The van der Waals surface area contributed by atoms with E-state index >= 15 is 0 Å². The number of hydrogen-bond acceptors (Lipinski definition) is 3. The van der Waals surface area contributed by atoms with Crippen molar-refractivity contribution in [2.45, 2.75) is 25.6 Å². The lowest BCUT2D eigenvalue weighted by molar-refractivity contribution is -0.137. The van der Waals surface area contributed by atoms with Gasteiger partial charge in [0.1, 0.15) is 11.9 Å². The fourth-order valence-corrected chi connectivity index (χ4v) is 3.88. The Morgan fingerprint density at radius 1 is 1.14 bits per heavy atom. The lowest BCUT2D eigenvalue weighted by Crippen LogP contribution is -2.47. The maximum atomic E-state index is 14.2. The third-order valence-electron chi connectivity index (χ3n) is 3.88. The van der Waals surface area contributed by atoms with Crippen molar-refractivity contribution < 1.29 is 30.8 Å². The average Bonchev–Trinajstić information content (AvgIpc) is 2.59. The summed E-state index contributed by atoms with van der Waals surface area (Å²) >= 11 is 0. The first-order chi connectivity index (χ1) is 12.9. The highest BCUT2D eigenvalue weighted by Gasteiger charge is 2.34. The van der Waals surface area contributed by atoms with E-state index in [1.54, 1.807) is 0 Å². The van der Waals surface area contributed by atoms with Crippen LogP contribution in [0.3, 0.4) is 0 Å². The van der Waals surface area contributed by atoms with E-state index in [0.717, 1.165) is 30.5 Å². The molecule has 1 amide bonds. The summed E-state index contributed by atoms with van der Waals surface area (Å²) in [5.41, 5.74) is -1.44. The van der Waals surface area contributed by atoms with Gasteiger partial charge in [0.15, 0.2) is 0 Å². The molecule has 5 nitrogen and oxygen atoms in total. The number of nitrogens with zero attached hydrogens (tertiary/aromatic N) is 1. The number of carbonyl (C=O) groups is 1. The summed E-state index contributed by atoms with van der Waals surface area (Å²) in [5.74, 6) is -1.73. The third kappa shape index (κ3) is 5.00. The number of rotatable bonds is 6. The van der Waals surface area contributed by atoms with Crippen molar-refractivity contribution in [3.8, 4) is 0 Å². The standard InChI is InChI=1S/C18H18F4N2O3S/c1-3-15(24(28(2,26)27)16-10-5-4-9-14(16)19)17(25)23-13-8-6-7-12(11-13)18(20,21)22/h4-11,15H,3H2,1-2H3,(H,23,25)/t15-/m0/s1. The van der Waals surface area contributed by atoms with Crippen LogP contribution in [0.2, 0.25) is 0 Å². The van der Waals surface area contributed by atoms with Crippen molar-refractivity contribution in [2.24, 2.45) is 0 Å². The Bertz CT molecular complexity index is 961. The molecule has 0 aliphatic carbocycles. The molecule has 2 rings (SSSR count). The van der Waals surface area contributed by atoms with Gasteiger partial charge in [-0.2, -0.15) is 13.2 Å². The minimum atomic E-state index is -4.60. The normalized spacial score (nSPS) is 13.1. The number of anilines is 2. The van der Waals surface area contributed by atoms with E-state index in [1.165, 1.54) is 31.2 Å². The molecule has 0 bridgehead atoms. The Labute approximate surface area is 160 Å². The molecule has 0 spiro atoms. The van der Waals surface area contributed by atoms with Crippen LogP contribution < -0.4 is 9.62 Å². The van der Waals surface area contributed by atoms with Crippen LogP contribution >= 0.6 is 0 Å². The van der Waals surface area contributed by atoms with Crippen LogP contribution in [0.4, 0.5) is 28.9 Å². The highest BCUT2D eigenvalue weighted by molar-refractivity contribution is 7.92. The van der Waals surface area contributed by atoms with Crippen LogP contribution in [0, 0.1) is 5.82 Å². The Kier molecular flexibility index (Phi) is 6.33. The summed E-state index contributed by atoms with van der Waals surface area (Å²) in [4.78, 5) is 12.7. The first-order valence-corrected chi connectivity index (χ1v) is 10.0. The van der Waals surface area contributed by atoms with E-state index in [0.29, 0.717) is 4.31 Å². The summed E-state index contributed by atoms with van der Waals surface area (Å²) in [7, 11) is -4.07. The van der Waals surface area contributed by atoms with E-state index in [1.807, 2.05) is 0 Å². The maximum absolute atomic E-state index is 14.2. The van der Waals surface area contributed by atoms with Crippen molar-refractivity contribution in [2.75, 3.05) is 15.9 Å². The molecule has 0 aromatic heterocycles. The van der Waals surface area contributed by atoms with E-state index < -0.39 is 39.5 Å². The van der Waals surface area contributed by atoms with E-state index in [9.17, 15) is 30.8 Å². The fraction of sp³-hybridized carbons (Fsp3) is 0.278. The van der Waals surface area contributed by atoms with Crippen molar-refractivity contribution in [1.82, 2.24) is 0 Å². The predicted octanol–water partition coefficient (Wildman–Crippen LogP) is 4.03. The van der Waals surface area contributed by atoms with E-state index in [2.05, 4.69) is 5.32 Å². The first kappa shape index (κ1) is 21.7. The summed E-state index contributed by atoms with van der Waals surface area (Å²) in [5, 5.41) is 2.28. The number of para-hydroxylation sites is 1. The average molecular weight is 418 g/mol. The largest absolute Gasteiger partial charge is 0.416 e. The molecule has 0 saturated heterocycles. The summed E-state index contributed by atoms with van der Waals surface area (Å²) in [6.45, 7) is 1.51. The Hall–Kier alpha value is -2.62. The van der Waals surface area contributed by atoms with Crippen LogP contribution in [-0.2, 0) is 21.0 Å². The molecule has 0 aliphatic rings. The molecule has 0 radical (unpaired) electrons. The van der Waals surface area contributed by atoms with Crippen LogP contribution in [-0.4, -0.2) is 26.6 Å². The van der Waals surface area contributed by atoms with Gasteiger partial charge in [-0.25, -0.2) is 12.8 Å². The molecule has 0 aliphatic heterocycles. The molecule has 0 saturated carbocycles. The molecule has 152 valence electrons. The minimum absolute atomic E-state index is 0.0355. The van der Waals surface area contributed by atoms with Crippen molar-refractivity contribution >= 4 is 27.3 Å². The van der Waals surface area contributed by atoms with Crippen LogP contribution in [0.15, 0.2) is 48.5 Å². The van der Waals surface area contributed by atoms with Crippen molar-refractivity contribution in [1.29, 1.82) is 0 Å². The van der Waals surface area contributed by atoms with Gasteiger partial charge in [-0.1, -0.05) is 25.1 Å². The molecule has 1 atom stereocenters. The van der Waals surface area contributed by atoms with Gasteiger partial charge in [-0.05, 0) is 36.8 Å². The van der Waals surface area contributed by atoms with E-state index in [4.69, 9.17) is 0 Å². The number of hydrogen-bond donors (Lipinski definition) is 1. The van der Waals surface area contributed by atoms with Gasteiger partial charge in [-0.3, -0.25) is 9.10 Å². The number of benzene rings is 2. The number of carbonyl (C=O) groups excluding carboxylic acids is 1. The van der Waals surface area contributed by atoms with Gasteiger partial charge in [-0.15, -0.1) is 0 Å². The zero-order chi connectivity index (χ0) is 21.1. The second-order valence-corrected chi connectivity index (χ2v) is 7.86. The summed E-state index contributed by atoms with van der Waals surface area (Å²) in [6.07, 6.45) is -3.82. The Morgan fingerprint density at radius 3 is 2.32 bits per heavy atom. The van der Waals surface area contributed by atoms with Crippen LogP contribution in [0.25, 0.3) is 0 Å². The summed E-state index contributed by atoms with van der Waals surface area (Å²) in [6, 6.07) is 7.60. The van der Waals surface area contributed by atoms with Gasteiger partial charge in [0, 0.05) is 5.69 Å². The van der Waals surface area contributed by atoms with Gasteiger partial charge in [0.25, 0.3) is 0 Å². The smallest absolute Gasteiger partial charge is 0.324 e. The van der Waals surface area contributed by atoms with Gasteiger partial charge < -0.3 is 5.32 Å². The molecule has 0 fully saturated rings.